The molecule has 0 aliphatic heterocycles. The van der Waals surface area contributed by atoms with Crippen molar-refractivity contribution in [1.29, 1.82) is 0 Å². The van der Waals surface area contributed by atoms with E-state index in [-0.39, 0.29) is 16.8 Å². The summed E-state index contributed by atoms with van der Waals surface area (Å²) < 4.78 is 40.3. The molecule has 0 N–H and O–H groups in total. The molecule has 0 aliphatic carbocycles. The highest BCUT2D eigenvalue weighted by molar-refractivity contribution is 7.89. The average molecular weight is 348 g/mol. The summed E-state index contributed by atoms with van der Waals surface area (Å²) in [6.07, 6.45) is 0. The molecule has 1 unspecified atom stereocenters. The quantitative estimate of drug-likeness (QED) is 0.766. The Labute approximate surface area is 133 Å². The second-order valence-corrected chi connectivity index (χ2v) is 7.82. The van der Waals surface area contributed by atoms with Gasteiger partial charge in [0.15, 0.2) is 0 Å². The first-order valence-corrected chi connectivity index (χ1v) is 9.09. The summed E-state index contributed by atoms with van der Waals surface area (Å²) in [5.74, 6) is -0.642. The minimum Gasteiger partial charge on any atom is -0.207 e. The monoisotopic (exact) mass is 347 g/mol. The predicted octanol–water partition coefficient (Wildman–Crippen LogP) is 4.01. The average Bonchev–Trinajstić information content (AvgIpc) is 2.99. The van der Waals surface area contributed by atoms with E-state index in [0.29, 0.717) is 5.56 Å². The number of halogens is 2. The molecule has 1 aromatic heterocycles. The smallest absolute Gasteiger partial charge is 0.207 e. The summed E-state index contributed by atoms with van der Waals surface area (Å²) >= 11 is 7.08. The van der Waals surface area contributed by atoms with Gasteiger partial charge in [-0.25, -0.2) is 12.8 Å². The molecule has 2 rings (SSSR count). The van der Waals surface area contributed by atoms with Gasteiger partial charge in [0.2, 0.25) is 10.0 Å². The fourth-order valence-electron chi connectivity index (χ4n) is 1.91. The van der Waals surface area contributed by atoms with Crippen molar-refractivity contribution >= 4 is 33.0 Å². The lowest BCUT2D eigenvalue weighted by Crippen LogP contribution is -2.30. The van der Waals surface area contributed by atoms with Gasteiger partial charge in [0.25, 0.3) is 0 Å². The molecule has 1 heterocycles. The van der Waals surface area contributed by atoms with Crippen LogP contribution >= 0.6 is 22.9 Å². The molecule has 0 spiro atoms. The number of hydrogen-bond acceptors (Lipinski definition) is 3. The Bertz CT molecular complexity index is 717. The summed E-state index contributed by atoms with van der Waals surface area (Å²) in [5.41, 5.74) is 0.544. The molecule has 114 valence electrons. The molecule has 7 heteroatoms. The number of hydrogen-bond donors (Lipinski definition) is 0. The van der Waals surface area contributed by atoms with Gasteiger partial charge in [-0.1, -0.05) is 12.1 Å². The fraction of sp³-hybridized carbons (Fsp3) is 0.286. The molecular weight excluding hydrogens is 333 g/mol. The first kappa shape index (κ1) is 16.4. The molecule has 0 saturated heterocycles. The Kier molecular flexibility index (Phi) is 5.03. The molecule has 1 aromatic carbocycles. The van der Waals surface area contributed by atoms with Gasteiger partial charge >= 0.3 is 0 Å². The first-order chi connectivity index (χ1) is 9.87. The number of nitrogens with zero attached hydrogens (tertiary/aromatic N) is 1. The maximum absolute atomic E-state index is 14.0. The molecular formula is C14H15ClFNO2S2. The zero-order valence-electron chi connectivity index (χ0n) is 11.6. The normalized spacial score (nSPS) is 13.6. The largest absolute Gasteiger partial charge is 0.246 e. The van der Waals surface area contributed by atoms with Gasteiger partial charge in [0.1, 0.15) is 10.7 Å². The van der Waals surface area contributed by atoms with Crippen molar-refractivity contribution in [3.05, 3.63) is 52.0 Å². The van der Waals surface area contributed by atoms with Gasteiger partial charge < -0.3 is 0 Å². The van der Waals surface area contributed by atoms with Crippen molar-refractivity contribution < 1.29 is 12.8 Å². The van der Waals surface area contributed by atoms with Gasteiger partial charge in [-0.15, -0.1) is 22.9 Å². The van der Waals surface area contributed by atoms with Crippen LogP contribution in [0.1, 0.15) is 23.4 Å². The number of benzene rings is 1. The summed E-state index contributed by atoms with van der Waals surface area (Å²) in [6, 6.07) is 7.29. The predicted molar refractivity (Wildman–Crippen MR) is 83.6 cm³/mol. The lowest BCUT2D eigenvalue weighted by atomic mass is 10.2. The van der Waals surface area contributed by atoms with Crippen LogP contribution in [0.5, 0.6) is 0 Å². The summed E-state index contributed by atoms with van der Waals surface area (Å²) in [4.78, 5) is 0.570. The van der Waals surface area contributed by atoms with E-state index in [0.717, 1.165) is 10.9 Å². The molecule has 2 aromatic rings. The van der Waals surface area contributed by atoms with Gasteiger partial charge in [-0.3, -0.25) is 0 Å². The lowest BCUT2D eigenvalue weighted by molar-refractivity contribution is 0.399. The van der Waals surface area contributed by atoms with Gasteiger partial charge in [-0.05, 0) is 36.1 Å². The molecule has 1 atom stereocenters. The van der Waals surface area contributed by atoms with Crippen LogP contribution in [0, 0.1) is 5.82 Å². The third-order valence-electron chi connectivity index (χ3n) is 3.31. The maximum Gasteiger partial charge on any atom is 0.246 e. The number of rotatable bonds is 5. The van der Waals surface area contributed by atoms with Gasteiger partial charge in [-0.2, -0.15) is 4.31 Å². The highest BCUT2D eigenvalue weighted by Gasteiger charge is 2.29. The Balaban J connectivity index is 2.37. The molecule has 3 nitrogen and oxygen atoms in total. The van der Waals surface area contributed by atoms with Gasteiger partial charge in [0.05, 0.1) is 6.04 Å². The van der Waals surface area contributed by atoms with Crippen molar-refractivity contribution in [3.63, 3.8) is 0 Å². The second-order valence-electron chi connectivity index (χ2n) is 4.61. The SMILES string of the molecule is CC(c1cccs1)N(C)S(=O)(=O)c1ccc(CCl)cc1F. The number of alkyl halides is 1. The minimum absolute atomic E-state index is 0.138. The fourth-order valence-corrected chi connectivity index (χ4v) is 4.35. The standard InChI is InChI=1S/C14H15ClFNO2S2/c1-10(13-4-3-7-20-13)17(2)21(18,19)14-6-5-11(9-15)8-12(14)16/h3-8,10H,9H2,1-2H3. The Hall–Kier alpha value is -0.950. The van der Waals surface area contributed by atoms with E-state index >= 15 is 0 Å². The third-order valence-corrected chi connectivity index (χ3v) is 6.62. The van der Waals surface area contributed by atoms with Crippen molar-refractivity contribution in [2.75, 3.05) is 7.05 Å². The van der Waals surface area contributed by atoms with Crippen molar-refractivity contribution in [2.24, 2.45) is 0 Å². The van der Waals surface area contributed by atoms with E-state index < -0.39 is 15.8 Å². The first-order valence-electron chi connectivity index (χ1n) is 6.23. The Morgan fingerprint density at radius 2 is 2.10 bits per heavy atom. The molecule has 0 amide bonds. The van der Waals surface area contributed by atoms with E-state index in [4.69, 9.17) is 11.6 Å². The van der Waals surface area contributed by atoms with E-state index in [2.05, 4.69) is 0 Å². The Morgan fingerprint density at radius 3 is 2.62 bits per heavy atom. The van der Waals surface area contributed by atoms with Crippen LogP contribution in [-0.2, 0) is 15.9 Å². The van der Waals surface area contributed by atoms with Crippen molar-refractivity contribution in [1.82, 2.24) is 4.31 Å². The van der Waals surface area contributed by atoms with Crippen LogP contribution in [-0.4, -0.2) is 19.8 Å². The molecule has 0 saturated carbocycles. The lowest BCUT2D eigenvalue weighted by Gasteiger charge is -2.23. The van der Waals surface area contributed by atoms with Crippen LogP contribution in [0.15, 0.2) is 40.6 Å². The van der Waals surface area contributed by atoms with Crippen LogP contribution in [0.4, 0.5) is 4.39 Å². The Morgan fingerprint density at radius 1 is 1.38 bits per heavy atom. The molecule has 21 heavy (non-hydrogen) atoms. The van der Waals surface area contributed by atoms with Gasteiger partial charge in [0, 0.05) is 17.8 Å². The highest BCUT2D eigenvalue weighted by atomic mass is 35.5. The molecule has 0 fully saturated rings. The summed E-state index contributed by atoms with van der Waals surface area (Å²) in [7, 11) is -2.44. The number of thiophene rings is 1. The van der Waals surface area contributed by atoms with Crippen molar-refractivity contribution in [2.45, 2.75) is 23.7 Å². The maximum atomic E-state index is 14.0. The van der Waals surface area contributed by atoms with Crippen LogP contribution in [0.25, 0.3) is 0 Å². The summed E-state index contributed by atoms with van der Waals surface area (Å²) in [6.45, 7) is 1.77. The third kappa shape index (κ3) is 3.29. The summed E-state index contributed by atoms with van der Waals surface area (Å²) in [5, 5.41) is 1.88. The van der Waals surface area contributed by atoms with Crippen molar-refractivity contribution in [3.8, 4) is 0 Å². The van der Waals surface area contributed by atoms with E-state index in [1.54, 1.807) is 6.92 Å². The van der Waals surface area contributed by atoms with E-state index in [9.17, 15) is 12.8 Å². The van der Waals surface area contributed by atoms with Crippen LogP contribution in [0.2, 0.25) is 0 Å². The van der Waals surface area contributed by atoms with Crippen LogP contribution in [0.3, 0.4) is 0 Å². The van der Waals surface area contributed by atoms with E-state index in [1.165, 1.54) is 34.8 Å². The minimum atomic E-state index is -3.90. The topological polar surface area (TPSA) is 37.4 Å². The van der Waals surface area contributed by atoms with Crippen LogP contribution < -0.4 is 0 Å². The molecule has 0 bridgehead atoms. The van der Waals surface area contributed by atoms with E-state index in [1.807, 2.05) is 17.5 Å². The second kappa shape index (κ2) is 6.44. The number of sulfonamides is 1. The zero-order chi connectivity index (χ0) is 15.6. The zero-order valence-corrected chi connectivity index (χ0v) is 14.0. The highest BCUT2D eigenvalue weighted by Crippen LogP contribution is 2.29. The molecule has 0 aliphatic rings. The molecule has 0 radical (unpaired) electrons.